The highest BCUT2D eigenvalue weighted by Gasteiger charge is 2.07. The van der Waals surface area contributed by atoms with Crippen molar-refractivity contribution in [3.8, 4) is 23.0 Å². The van der Waals surface area contributed by atoms with E-state index in [0.717, 1.165) is 0 Å². The number of phenols is 2. The van der Waals surface area contributed by atoms with E-state index in [9.17, 15) is 19.8 Å². The van der Waals surface area contributed by atoms with Gasteiger partial charge in [-0.2, -0.15) is 0 Å². The Bertz CT molecular complexity index is 939. The molecule has 0 fully saturated rings. The van der Waals surface area contributed by atoms with Crippen LogP contribution in [0.2, 0.25) is 0 Å². The van der Waals surface area contributed by atoms with Crippen LogP contribution in [0.4, 0.5) is 0 Å². The van der Waals surface area contributed by atoms with E-state index in [1.807, 2.05) is 0 Å². The second-order valence-corrected chi connectivity index (χ2v) is 6.70. The Labute approximate surface area is 197 Å². The molecule has 0 saturated heterocycles. The van der Waals surface area contributed by atoms with Gasteiger partial charge in [0.2, 0.25) is 0 Å². The minimum atomic E-state index is -0.486. The van der Waals surface area contributed by atoms with Gasteiger partial charge in [0.15, 0.2) is 13.2 Å². The molecule has 0 spiro atoms. The summed E-state index contributed by atoms with van der Waals surface area (Å²) in [6.07, 6.45) is 3.01. The van der Waals surface area contributed by atoms with Crippen LogP contribution in [0.1, 0.15) is 25.0 Å². The van der Waals surface area contributed by atoms with Gasteiger partial charge in [-0.05, 0) is 38.1 Å². The van der Waals surface area contributed by atoms with E-state index in [2.05, 4.69) is 9.98 Å². The Morgan fingerprint density at radius 2 is 1.18 bits per heavy atom. The molecule has 0 aliphatic rings. The molecule has 0 unspecified atom stereocenters. The van der Waals surface area contributed by atoms with Gasteiger partial charge in [-0.3, -0.25) is 9.98 Å². The fourth-order valence-electron chi connectivity index (χ4n) is 2.58. The molecule has 2 N–H and O–H groups in total. The van der Waals surface area contributed by atoms with Gasteiger partial charge in [-0.1, -0.05) is 0 Å². The number of esters is 2. The summed E-state index contributed by atoms with van der Waals surface area (Å²) in [6, 6.07) is 9.24. The number of carbonyl (C=O) groups excluding carboxylic acids is 2. The van der Waals surface area contributed by atoms with E-state index in [1.165, 1.54) is 24.6 Å². The first-order valence-corrected chi connectivity index (χ1v) is 10.7. The highest BCUT2D eigenvalue weighted by Crippen LogP contribution is 2.23. The maximum absolute atomic E-state index is 11.3. The third kappa shape index (κ3) is 9.19. The van der Waals surface area contributed by atoms with Crippen LogP contribution in [0.3, 0.4) is 0 Å². The van der Waals surface area contributed by atoms with Crippen molar-refractivity contribution in [2.75, 3.05) is 39.5 Å². The summed E-state index contributed by atoms with van der Waals surface area (Å²) in [6.45, 7) is 4.20. The van der Waals surface area contributed by atoms with Crippen LogP contribution < -0.4 is 9.47 Å². The van der Waals surface area contributed by atoms with Gasteiger partial charge in [0.25, 0.3) is 0 Å². The standard InChI is InChI=1S/C24H28N2O8/c1-3-31-23(29)15-33-19-7-5-17(21(27)11-19)13-25-9-10-26-14-18-6-8-20(12-22(18)28)34-16-24(30)32-4-2/h5-8,11-14,27-28H,3-4,9-10,15-16H2,1-2H3. The third-order valence-electron chi connectivity index (χ3n) is 4.15. The van der Waals surface area contributed by atoms with E-state index >= 15 is 0 Å². The van der Waals surface area contributed by atoms with Crippen LogP contribution in [0.5, 0.6) is 23.0 Å². The third-order valence-corrected chi connectivity index (χ3v) is 4.15. The maximum Gasteiger partial charge on any atom is 0.344 e. The van der Waals surface area contributed by atoms with Crippen molar-refractivity contribution >= 4 is 24.4 Å². The highest BCUT2D eigenvalue weighted by molar-refractivity contribution is 5.84. The molecule has 2 rings (SSSR count). The zero-order valence-electron chi connectivity index (χ0n) is 19.1. The molecule has 2 aromatic carbocycles. The second kappa shape index (κ2) is 14.1. The first-order valence-electron chi connectivity index (χ1n) is 10.7. The van der Waals surface area contributed by atoms with Gasteiger partial charge in [-0.15, -0.1) is 0 Å². The Kier molecular flexibility index (Phi) is 10.9. The number of benzene rings is 2. The Morgan fingerprint density at radius 1 is 0.765 bits per heavy atom. The number of aromatic hydroxyl groups is 2. The van der Waals surface area contributed by atoms with E-state index in [0.29, 0.717) is 35.7 Å². The summed E-state index contributed by atoms with van der Waals surface area (Å²) in [5.41, 5.74) is 0.979. The summed E-state index contributed by atoms with van der Waals surface area (Å²) < 4.78 is 20.1. The minimum absolute atomic E-state index is 0.0382. The lowest BCUT2D eigenvalue weighted by Crippen LogP contribution is -2.14. The Hall–Kier alpha value is -4.08. The molecule has 0 aromatic heterocycles. The van der Waals surface area contributed by atoms with Gasteiger partial charge >= 0.3 is 11.9 Å². The Balaban J connectivity index is 1.79. The maximum atomic E-state index is 11.3. The minimum Gasteiger partial charge on any atom is -0.507 e. The number of hydrogen-bond acceptors (Lipinski definition) is 10. The molecule has 0 amide bonds. The van der Waals surface area contributed by atoms with Crippen LogP contribution in [0, 0.1) is 0 Å². The largest absolute Gasteiger partial charge is 0.507 e. The molecule has 0 heterocycles. The zero-order chi connectivity index (χ0) is 24.8. The van der Waals surface area contributed by atoms with Crippen molar-refractivity contribution in [1.82, 2.24) is 0 Å². The molecular weight excluding hydrogens is 444 g/mol. The number of ether oxygens (including phenoxy) is 4. The molecule has 34 heavy (non-hydrogen) atoms. The molecule has 0 aliphatic carbocycles. The number of rotatable bonds is 13. The summed E-state index contributed by atoms with van der Waals surface area (Å²) in [4.78, 5) is 31.1. The fourth-order valence-corrected chi connectivity index (χ4v) is 2.58. The molecule has 0 atom stereocenters. The molecule has 0 radical (unpaired) electrons. The van der Waals surface area contributed by atoms with Crippen LogP contribution in [-0.2, 0) is 19.1 Å². The van der Waals surface area contributed by atoms with Crippen molar-refractivity contribution in [3.63, 3.8) is 0 Å². The predicted octanol–water partition coefficient (Wildman–Crippen LogP) is 2.52. The zero-order valence-corrected chi connectivity index (χ0v) is 19.1. The lowest BCUT2D eigenvalue weighted by atomic mass is 10.2. The van der Waals surface area contributed by atoms with Crippen molar-refractivity contribution in [1.29, 1.82) is 0 Å². The number of carbonyl (C=O) groups is 2. The van der Waals surface area contributed by atoms with E-state index in [4.69, 9.17) is 18.9 Å². The molecular formula is C24H28N2O8. The molecule has 182 valence electrons. The fraction of sp³-hybridized carbons (Fsp3) is 0.333. The summed E-state index contributed by atoms with van der Waals surface area (Å²) in [7, 11) is 0. The normalized spacial score (nSPS) is 11.0. The van der Waals surface area contributed by atoms with Gasteiger partial charge < -0.3 is 29.2 Å². The van der Waals surface area contributed by atoms with Gasteiger partial charge in [0.05, 0.1) is 26.3 Å². The smallest absolute Gasteiger partial charge is 0.344 e. The number of hydrogen-bond donors (Lipinski definition) is 2. The first-order chi connectivity index (χ1) is 16.4. The monoisotopic (exact) mass is 472 g/mol. The molecule has 10 heteroatoms. The van der Waals surface area contributed by atoms with Crippen LogP contribution in [-0.4, -0.2) is 74.1 Å². The van der Waals surface area contributed by atoms with Crippen LogP contribution in [0.25, 0.3) is 0 Å². The summed E-state index contributed by atoms with van der Waals surface area (Å²) in [5.74, 6) is -0.374. The molecule has 0 bridgehead atoms. The predicted molar refractivity (Wildman–Crippen MR) is 125 cm³/mol. The second-order valence-electron chi connectivity index (χ2n) is 6.70. The van der Waals surface area contributed by atoms with Crippen molar-refractivity contribution in [3.05, 3.63) is 47.5 Å². The quantitative estimate of drug-likeness (QED) is 0.258. The van der Waals surface area contributed by atoms with Gasteiger partial charge in [0.1, 0.15) is 23.0 Å². The van der Waals surface area contributed by atoms with Crippen molar-refractivity contribution < 1.29 is 38.7 Å². The van der Waals surface area contributed by atoms with E-state index in [-0.39, 0.29) is 37.9 Å². The molecule has 2 aromatic rings. The lowest BCUT2D eigenvalue weighted by Gasteiger charge is -2.07. The average molecular weight is 472 g/mol. The molecule has 10 nitrogen and oxygen atoms in total. The summed E-state index contributed by atoms with van der Waals surface area (Å²) >= 11 is 0. The summed E-state index contributed by atoms with van der Waals surface area (Å²) in [5, 5.41) is 20.2. The first kappa shape index (κ1) is 26.2. The lowest BCUT2D eigenvalue weighted by molar-refractivity contribution is -0.146. The number of nitrogens with zero attached hydrogens (tertiary/aromatic N) is 2. The topological polar surface area (TPSA) is 136 Å². The molecule has 0 saturated carbocycles. The van der Waals surface area contributed by atoms with Crippen molar-refractivity contribution in [2.24, 2.45) is 9.98 Å². The van der Waals surface area contributed by atoms with Gasteiger partial charge in [0, 0.05) is 35.7 Å². The SMILES string of the molecule is CCOC(=O)COc1ccc(C=NCCN=Cc2ccc(OCC(=O)OCC)cc2O)c(O)c1. The number of aliphatic imine (C=N–C) groups is 2. The van der Waals surface area contributed by atoms with Gasteiger partial charge in [-0.25, -0.2) is 9.59 Å². The van der Waals surface area contributed by atoms with Crippen LogP contribution >= 0.6 is 0 Å². The van der Waals surface area contributed by atoms with Crippen molar-refractivity contribution in [2.45, 2.75) is 13.8 Å². The average Bonchev–Trinajstić information content (AvgIpc) is 2.81. The van der Waals surface area contributed by atoms with E-state index in [1.54, 1.807) is 38.1 Å². The molecule has 0 aliphatic heterocycles. The number of phenolic OH excluding ortho intramolecular Hbond substituents is 2. The Morgan fingerprint density at radius 3 is 1.53 bits per heavy atom. The highest BCUT2D eigenvalue weighted by atomic mass is 16.6. The van der Waals surface area contributed by atoms with Crippen LogP contribution in [0.15, 0.2) is 46.4 Å². The van der Waals surface area contributed by atoms with E-state index < -0.39 is 11.9 Å².